The molecule has 21 heavy (non-hydrogen) atoms. The van der Waals surface area contributed by atoms with Crippen LogP contribution in [0, 0.1) is 0 Å². The number of hydrogen-bond acceptors (Lipinski definition) is 3. The van der Waals surface area contributed by atoms with Gasteiger partial charge in [-0.25, -0.2) is 4.98 Å². The van der Waals surface area contributed by atoms with Crippen molar-refractivity contribution in [2.75, 3.05) is 12.4 Å². The van der Waals surface area contributed by atoms with Gasteiger partial charge < -0.3 is 10.1 Å². The molecule has 1 heterocycles. The molecule has 0 bridgehead atoms. The Morgan fingerprint density at radius 3 is 2.95 bits per heavy atom. The summed E-state index contributed by atoms with van der Waals surface area (Å²) in [7, 11) is 1.70. The first-order valence-corrected chi connectivity index (χ1v) is 7.30. The van der Waals surface area contributed by atoms with Gasteiger partial charge in [0.2, 0.25) is 0 Å². The molecule has 0 fully saturated rings. The highest BCUT2D eigenvalue weighted by Crippen LogP contribution is 2.31. The molecule has 1 aliphatic carbocycles. The molecule has 3 heteroatoms. The second-order valence-electron chi connectivity index (χ2n) is 5.28. The van der Waals surface area contributed by atoms with E-state index >= 15 is 0 Å². The summed E-state index contributed by atoms with van der Waals surface area (Å²) < 4.78 is 5.40. The van der Waals surface area contributed by atoms with E-state index in [1.165, 1.54) is 16.7 Å². The van der Waals surface area contributed by atoms with Gasteiger partial charge in [0.1, 0.15) is 11.6 Å². The van der Waals surface area contributed by atoms with Gasteiger partial charge in [-0.05, 0) is 43.0 Å². The minimum Gasteiger partial charge on any atom is -0.496 e. The van der Waals surface area contributed by atoms with Crippen molar-refractivity contribution in [1.29, 1.82) is 0 Å². The van der Waals surface area contributed by atoms with Gasteiger partial charge in [0.05, 0.1) is 7.11 Å². The summed E-state index contributed by atoms with van der Waals surface area (Å²) in [4.78, 5) is 4.52. The lowest BCUT2D eigenvalue weighted by Gasteiger charge is -2.19. The van der Waals surface area contributed by atoms with E-state index in [0.29, 0.717) is 6.54 Å². The number of rotatable bonds is 4. The number of anilines is 1. The van der Waals surface area contributed by atoms with Gasteiger partial charge in [-0.15, -0.1) is 0 Å². The third-order valence-corrected chi connectivity index (χ3v) is 3.93. The molecule has 0 saturated heterocycles. The van der Waals surface area contributed by atoms with Crippen molar-refractivity contribution in [2.24, 2.45) is 0 Å². The average molecular weight is 280 g/mol. The molecule has 0 unspecified atom stereocenters. The second kappa shape index (κ2) is 6.00. The first kappa shape index (κ1) is 13.7. The van der Waals surface area contributed by atoms with Crippen LogP contribution in [0.1, 0.15) is 30.0 Å². The SMILES string of the molecule is COc1ccccc1CNc1nccc2c1C(C)=CCC2. The summed E-state index contributed by atoms with van der Waals surface area (Å²) in [6.45, 7) is 2.87. The number of allylic oxidation sites excluding steroid dienone is 2. The molecule has 108 valence electrons. The maximum absolute atomic E-state index is 5.40. The van der Waals surface area contributed by atoms with E-state index < -0.39 is 0 Å². The number of nitrogens with one attached hydrogen (secondary N) is 1. The molecule has 1 aliphatic rings. The van der Waals surface area contributed by atoms with Crippen molar-refractivity contribution in [3.63, 3.8) is 0 Å². The molecule has 2 aromatic rings. The van der Waals surface area contributed by atoms with Crippen molar-refractivity contribution in [1.82, 2.24) is 4.98 Å². The molecule has 0 atom stereocenters. The van der Waals surface area contributed by atoms with Crippen LogP contribution in [0.4, 0.5) is 5.82 Å². The van der Waals surface area contributed by atoms with Crippen LogP contribution >= 0.6 is 0 Å². The van der Waals surface area contributed by atoms with Gasteiger partial charge in [0, 0.05) is 23.9 Å². The molecule has 1 N–H and O–H groups in total. The van der Waals surface area contributed by atoms with Gasteiger partial charge in [0.15, 0.2) is 0 Å². The Kier molecular flexibility index (Phi) is 3.91. The zero-order valence-corrected chi connectivity index (χ0v) is 12.5. The molecular formula is C18H20N2O. The fourth-order valence-corrected chi connectivity index (χ4v) is 2.86. The van der Waals surface area contributed by atoms with Crippen molar-refractivity contribution < 1.29 is 4.74 Å². The Morgan fingerprint density at radius 1 is 1.24 bits per heavy atom. The minimum absolute atomic E-state index is 0.709. The molecule has 0 amide bonds. The van der Waals surface area contributed by atoms with Crippen LogP contribution in [0.25, 0.3) is 5.57 Å². The number of hydrogen-bond donors (Lipinski definition) is 1. The zero-order chi connectivity index (χ0) is 14.7. The van der Waals surface area contributed by atoms with Crippen molar-refractivity contribution in [2.45, 2.75) is 26.3 Å². The van der Waals surface area contributed by atoms with Crippen LogP contribution in [0.3, 0.4) is 0 Å². The molecule has 1 aromatic carbocycles. The van der Waals surface area contributed by atoms with Crippen molar-refractivity contribution in [3.05, 3.63) is 59.3 Å². The summed E-state index contributed by atoms with van der Waals surface area (Å²) in [6.07, 6.45) is 6.40. The number of pyridine rings is 1. The van der Waals surface area contributed by atoms with Crippen LogP contribution in [-0.4, -0.2) is 12.1 Å². The highest BCUT2D eigenvalue weighted by atomic mass is 16.5. The van der Waals surface area contributed by atoms with E-state index in [2.05, 4.69) is 35.4 Å². The Labute approximate surface area is 125 Å². The third-order valence-electron chi connectivity index (χ3n) is 3.93. The number of methoxy groups -OCH3 is 1. The topological polar surface area (TPSA) is 34.1 Å². The number of aryl methyl sites for hydroxylation is 1. The number of ether oxygens (including phenoxy) is 1. The van der Waals surface area contributed by atoms with E-state index in [-0.39, 0.29) is 0 Å². The molecular weight excluding hydrogens is 260 g/mol. The van der Waals surface area contributed by atoms with Gasteiger partial charge in [-0.3, -0.25) is 0 Å². The molecule has 0 radical (unpaired) electrons. The van der Waals surface area contributed by atoms with E-state index in [4.69, 9.17) is 4.74 Å². The zero-order valence-electron chi connectivity index (χ0n) is 12.5. The Morgan fingerprint density at radius 2 is 2.10 bits per heavy atom. The third kappa shape index (κ3) is 2.77. The Hall–Kier alpha value is -2.29. The average Bonchev–Trinajstić information content (AvgIpc) is 2.53. The second-order valence-corrected chi connectivity index (χ2v) is 5.28. The van der Waals surface area contributed by atoms with Crippen molar-refractivity contribution >= 4 is 11.4 Å². The molecule has 3 rings (SSSR count). The molecule has 0 spiro atoms. The molecule has 1 aromatic heterocycles. The van der Waals surface area contributed by atoms with Crippen LogP contribution in [0.2, 0.25) is 0 Å². The van der Waals surface area contributed by atoms with Gasteiger partial charge in [-0.1, -0.05) is 24.3 Å². The summed E-state index contributed by atoms with van der Waals surface area (Å²) in [5, 5.41) is 3.46. The van der Waals surface area contributed by atoms with E-state index in [1.807, 2.05) is 24.4 Å². The largest absolute Gasteiger partial charge is 0.496 e. The van der Waals surface area contributed by atoms with E-state index in [1.54, 1.807) is 7.11 Å². The normalized spacial score (nSPS) is 13.3. The Balaban J connectivity index is 1.85. The molecule has 3 nitrogen and oxygen atoms in total. The number of nitrogens with zero attached hydrogens (tertiary/aromatic N) is 1. The predicted octanol–water partition coefficient (Wildman–Crippen LogP) is 4.05. The Bertz CT molecular complexity index is 677. The first-order valence-electron chi connectivity index (χ1n) is 7.30. The quantitative estimate of drug-likeness (QED) is 0.917. The van der Waals surface area contributed by atoms with Crippen LogP contribution in [-0.2, 0) is 13.0 Å². The predicted molar refractivity (Wildman–Crippen MR) is 86.5 cm³/mol. The number of aromatic nitrogens is 1. The summed E-state index contributed by atoms with van der Waals surface area (Å²) in [5.74, 6) is 1.87. The van der Waals surface area contributed by atoms with E-state index in [9.17, 15) is 0 Å². The van der Waals surface area contributed by atoms with Gasteiger partial charge >= 0.3 is 0 Å². The summed E-state index contributed by atoms with van der Waals surface area (Å²) in [6, 6.07) is 10.2. The molecule has 0 saturated carbocycles. The monoisotopic (exact) mass is 280 g/mol. The highest BCUT2D eigenvalue weighted by molar-refractivity contribution is 5.76. The highest BCUT2D eigenvalue weighted by Gasteiger charge is 2.14. The molecule has 0 aliphatic heterocycles. The lowest BCUT2D eigenvalue weighted by molar-refractivity contribution is 0.410. The van der Waals surface area contributed by atoms with Crippen molar-refractivity contribution in [3.8, 4) is 5.75 Å². The maximum atomic E-state index is 5.40. The summed E-state index contributed by atoms with van der Waals surface area (Å²) in [5.41, 5.74) is 5.09. The van der Waals surface area contributed by atoms with E-state index in [0.717, 1.165) is 30.0 Å². The lowest BCUT2D eigenvalue weighted by Crippen LogP contribution is -2.08. The number of para-hydroxylation sites is 1. The number of fused-ring (bicyclic) bond motifs is 1. The van der Waals surface area contributed by atoms with Crippen LogP contribution < -0.4 is 10.1 Å². The summed E-state index contributed by atoms with van der Waals surface area (Å²) >= 11 is 0. The first-order chi connectivity index (χ1) is 10.3. The minimum atomic E-state index is 0.709. The van der Waals surface area contributed by atoms with Crippen LogP contribution in [0.5, 0.6) is 5.75 Å². The maximum Gasteiger partial charge on any atom is 0.134 e. The lowest BCUT2D eigenvalue weighted by atomic mass is 9.92. The van der Waals surface area contributed by atoms with Gasteiger partial charge in [-0.2, -0.15) is 0 Å². The fraction of sp³-hybridized carbons (Fsp3) is 0.278. The van der Waals surface area contributed by atoms with Crippen LogP contribution in [0.15, 0.2) is 42.6 Å². The van der Waals surface area contributed by atoms with Gasteiger partial charge in [0.25, 0.3) is 0 Å². The number of benzene rings is 1. The fourth-order valence-electron chi connectivity index (χ4n) is 2.86. The standard InChI is InChI=1S/C18H20N2O/c1-13-6-5-8-14-10-11-19-18(17(13)14)20-12-15-7-3-4-9-16(15)21-2/h3-4,6-7,9-11H,5,8,12H2,1-2H3,(H,19,20). The smallest absolute Gasteiger partial charge is 0.134 e.